The van der Waals surface area contributed by atoms with Crippen LogP contribution < -0.4 is 31.1 Å². The molecule has 2 saturated heterocycles. The number of hydrogen-bond donors (Lipinski definition) is 4. The minimum Gasteiger partial charge on any atom is -0.550 e. The molecule has 0 aliphatic carbocycles. The van der Waals surface area contributed by atoms with E-state index >= 15 is 0 Å². The molecule has 16 heteroatoms. The maximum atomic E-state index is 13.4. The minimum atomic E-state index is -1.08. The number of unbranched alkanes of at least 4 members (excludes halogenated alkanes) is 4. The number of carboxylic acid groups (broad SMARTS) is 6. The Bertz CT molecular complexity index is 977. The van der Waals surface area contributed by atoms with E-state index in [4.69, 9.17) is 44.7 Å². The van der Waals surface area contributed by atoms with Gasteiger partial charge in [0.05, 0.1) is 5.41 Å². The van der Waals surface area contributed by atoms with Crippen molar-refractivity contribution in [1.82, 2.24) is 10.6 Å². The van der Waals surface area contributed by atoms with Crippen LogP contribution in [0.5, 0.6) is 0 Å². The van der Waals surface area contributed by atoms with Crippen LogP contribution in [0.1, 0.15) is 154 Å². The van der Waals surface area contributed by atoms with Crippen LogP contribution in [0.25, 0.3) is 0 Å². The van der Waals surface area contributed by atoms with E-state index in [-0.39, 0.29) is 79.4 Å². The molecule has 294 valence electrons. The van der Waals surface area contributed by atoms with Gasteiger partial charge >= 0.3 is 50.9 Å². The molecule has 2 rings (SSSR count). The van der Waals surface area contributed by atoms with E-state index in [2.05, 4.69) is 66.0 Å². The first-order chi connectivity index (χ1) is 22.3. The average molecular weight is 848 g/mol. The SMILES string of the molecule is CC(=O)[O-].CC(=O)[O-].CC(=O)[O-].CC(=O)[O-].CC1(C)CC(C(CCCCCCCC(=O)O)(C(=O)O)C2CC(C)(C)NC(C)(C)C2)CC(C)(C)N1.[Zn+2].[Zn+2]. The number of carboxylic acids is 6. The Morgan fingerprint density at radius 1 is 0.538 bits per heavy atom. The van der Waals surface area contributed by atoms with E-state index in [9.17, 15) is 14.7 Å². The number of nitrogens with one attached hydrogen (secondary N) is 2. The van der Waals surface area contributed by atoms with Gasteiger partial charge < -0.3 is 60.5 Å². The summed E-state index contributed by atoms with van der Waals surface area (Å²) < 4.78 is 0. The van der Waals surface area contributed by atoms with Crippen molar-refractivity contribution < 1.29 is 98.4 Å². The van der Waals surface area contributed by atoms with Gasteiger partial charge in [-0.3, -0.25) is 9.59 Å². The second-order valence-corrected chi connectivity index (χ2v) is 16.0. The van der Waals surface area contributed by atoms with Crippen LogP contribution in [0, 0.1) is 17.3 Å². The zero-order valence-corrected chi connectivity index (χ0v) is 39.8. The fraction of sp³-hybridized carbons (Fsp3) is 0.833. The fourth-order valence-corrected chi connectivity index (χ4v) is 7.79. The zero-order chi connectivity index (χ0) is 40.3. The van der Waals surface area contributed by atoms with Crippen molar-refractivity contribution in [1.29, 1.82) is 0 Å². The normalized spacial score (nSPS) is 18.0. The monoisotopic (exact) mass is 844 g/mol. The summed E-state index contributed by atoms with van der Waals surface area (Å²) in [5.41, 5.74) is -1.19. The smallest absolute Gasteiger partial charge is 0.550 e. The molecule has 0 radical (unpaired) electrons. The summed E-state index contributed by atoms with van der Waals surface area (Å²) in [6.07, 6.45) is 8.80. The molecule has 2 heterocycles. The third kappa shape index (κ3) is 30.4. The molecule has 14 nitrogen and oxygen atoms in total. The summed E-state index contributed by atoms with van der Waals surface area (Å²) in [7, 11) is 0. The van der Waals surface area contributed by atoms with E-state index in [1.165, 1.54) is 0 Å². The van der Waals surface area contributed by atoms with Gasteiger partial charge in [0.15, 0.2) is 0 Å². The van der Waals surface area contributed by atoms with E-state index in [0.29, 0.717) is 12.8 Å². The average Bonchev–Trinajstić information content (AvgIpc) is 2.80. The molecule has 0 amide bonds. The molecule has 2 aliphatic rings. The first-order valence-corrected chi connectivity index (χ1v) is 17.1. The largest absolute Gasteiger partial charge is 2.00 e. The molecule has 0 saturated carbocycles. The summed E-state index contributed by atoms with van der Waals surface area (Å²) in [5, 5.41) is 62.9. The second kappa shape index (κ2) is 26.7. The molecular weight excluding hydrogens is 783 g/mol. The van der Waals surface area contributed by atoms with Crippen molar-refractivity contribution in [2.45, 2.75) is 176 Å². The van der Waals surface area contributed by atoms with Crippen LogP contribution in [0.15, 0.2) is 0 Å². The Morgan fingerprint density at radius 3 is 1.00 bits per heavy atom. The number of aliphatic carboxylic acids is 6. The fourth-order valence-electron chi connectivity index (χ4n) is 7.79. The van der Waals surface area contributed by atoms with Crippen molar-refractivity contribution in [3.63, 3.8) is 0 Å². The first-order valence-electron chi connectivity index (χ1n) is 17.1. The van der Waals surface area contributed by atoms with Crippen LogP contribution in [0.2, 0.25) is 0 Å². The molecule has 2 fully saturated rings. The third-order valence-electron chi connectivity index (χ3n) is 8.22. The van der Waals surface area contributed by atoms with Gasteiger partial charge in [0.25, 0.3) is 0 Å². The van der Waals surface area contributed by atoms with Crippen molar-refractivity contribution in [3.05, 3.63) is 0 Å². The number of rotatable bonds is 11. The van der Waals surface area contributed by atoms with E-state index < -0.39 is 41.2 Å². The third-order valence-corrected chi connectivity index (χ3v) is 8.22. The Labute approximate surface area is 336 Å². The van der Waals surface area contributed by atoms with Crippen molar-refractivity contribution in [3.8, 4) is 0 Å². The molecule has 0 atom stereocenters. The maximum absolute atomic E-state index is 13.4. The number of carbonyl (C=O) groups is 6. The quantitative estimate of drug-likeness (QED) is 0.167. The molecule has 0 aromatic rings. The van der Waals surface area contributed by atoms with E-state index in [1.54, 1.807) is 0 Å². The Balaban J connectivity index is -0.000000344. The summed E-state index contributed by atoms with van der Waals surface area (Å²) in [5.74, 6) is -5.47. The minimum absolute atomic E-state index is 0. The van der Waals surface area contributed by atoms with Gasteiger partial charge in [0.2, 0.25) is 0 Å². The maximum Gasteiger partial charge on any atom is 2.00 e. The second-order valence-electron chi connectivity index (χ2n) is 16.0. The molecule has 0 unspecified atom stereocenters. The van der Waals surface area contributed by atoms with E-state index in [0.717, 1.165) is 79.1 Å². The summed E-state index contributed by atoms with van der Waals surface area (Å²) >= 11 is 0. The molecule has 0 bridgehead atoms. The van der Waals surface area contributed by atoms with Gasteiger partial charge in [-0.05, 0) is 133 Å². The van der Waals surface area contributed by atoms with E-state index in [1.807, 2.05) is 0 Å². The van der Waals surface area contributed by atoms with Crippen LogP contribution in [-0.4, -0.2) is 68.2 Å². The summed E-state index contributed by atoms with van der Waals surface area (Å²) in [4.78, 5) is 59.7. The molecule has 0 spiro atoms. The van der Waals surface area contributed by atoms with Gasteiger partial charge in [-0.15, -0.1) is 0 Å². The topological polar surface area (TPSA) is 259 Å². The van der Waals surface area contributed by atoms with Gasteiger partial charge in [-0.1, -0.05) is 25.7 Å². The molecule has 2 aliphatic heterocycles. The molecule has 4 N–H and O–H groups in total. The van der Waals surface area contributed by atoms with Crippen molar-refractivity contribution in [2.75, 3.05) is 0 Å². The van der Waals surface area contributed by atoms with Gasteiger partial charge in [0, 0.05) is 52.5 Å². The Hall–Kier alpha value is -2.01. The van der Waals surface area contributed by atoms with Gasteiger partial charge in [-0.2, -0.15) is 0 Å². The predicted octanol–water partition coefficient (Wildman–Crippen LogP) is 1.01. The first kappa shape index (κ1) is 59.3. The van der Waals surface area contributed by atoms with Crippen molar-refractivity contribution >= 4 is 35.8 Å². The number of hydrogen-bond acceptors (Lipinski definition) is 12. The Morgan fingerprint density at radius 2 is 0.769 bits per heavy atom. The molecular formula is C36H64N2O12Zn2. The van der Waals surface area contributed by atoms with Gasteiger partial charge in [0.1, 0.15) is 0 Å². The van der Waals surface area contributed by atoms with Gasteiger partial charge in [-0.25, -0.2) is 0 Å². The van der Waals surface area contributed by atoms with Crippen LogP contribution in [0.4, 0.5) is 0 Å². The standard InChI is InChI=1S/C28H52N2O4.4C2H4O2.2Zn/c1-24(2)16-20(17-25(3,4)29-24)28(23(33)34,15-13-11-9-10-12-14-22(31)32)21-18-26(5,6)30-27(7,8)19-21;4*1-2(3)4;;/h20-21,29-30H,9-19H2,1-8H3,(H,31,32)(H,33,34);4*1H3,(H,3,4);;/q;;;;;2*+2/p-4. The van der Waals surface area contributed by atoms with Crippen LogP contribution in [0.3, 0.4) is 0 Å². The zero-order valence-electron chi connectivity index (χ0n) is 33.8. The predicted molar refractivity (Wildman–Crippen MR) is 181 cm³/mol. The van der Waals surface area contributed by atoms with Crippen LogP contribution in [-0.2, 0) is 67.7 Å². The Kier molecular flexibility index (Phi) is 30.4. The molecule has 52 heavy (non-hydrogen) atoms. The molecule has 0 aromatic heterocycles. The van der Waals surface area contributed by atoms with Crippen LogP contribution >= 0.6 is 0 Å². The number of carbonyl (C=O) groups excluding carboxylic acids is 4. The number of piperidine rings is 2. The summed E-state index contributed by atoms with van der Waals surface area (Å²) in [6, 6.07) is 0. The van der Waals surface area contributed by atoms with Crippen molar-refractivity contribution in [2.24, 2.45) is 17.3 Å². The summed E-state index contributed by atoms with van der Waals surface area (Å²) in [6.45, 7) is 21.6. The molecule has 0 aromatic carbocycles.